The van der Waals surface area contributed by atoms with E-state index in [1.165, 1.54) is 11.3 Å². The summed E-state index contributed by atoms with van der Waals surface area (Å²) in [5.74, 6) is -0.143. The van der Waals surface area contributed by atoms with Gasteiger partial charge < -0.3 is 21.3 Å². The van der Waals surface area contributed by atoms with E-state index < -0.39 is 0 Å². The van der Waals surface area contributed by atoms with Crippen LogP contribution in [0.5, 0.6) is 0 Å². The normalized spacial score (nSPS) is 18.9. The molecule has 0 bridgehead atoms. The summed E-state index contributed by atoms with van der Waals surface area (Å²) in [7, 11) is 0. The maximum absolute atomic E-state index is 12.2. The first-order valence-corrected chi connectivity index (χ1v) is 8.11. The molecule has 1 aliphatic carbocycles. The van der Waals surface area contributed by atoms with Crippen LogP contribution in [0.3, 0.4) is 0 Å². The van der Waals surface area contributed by atoms with Crippen molar-refractivity contribution in [3.05, 3.63) is 10.4 Å². The summed E-state index contributed by atoms with van der Waals surface area (Å²) in [5, 5.41) is 16.5. The third kappa shape index (κ3) is 2.96. The first-order valence-electron chi connectivity index (χ1n) is 7.29. The summed E-state index contributed by atoms with van der Waals surface area (Å²) in [6, 6.07) is 2.46. The van der Waals surface area contributed by atoms with Crippen LogP contribution in [0, 0.1) is 11.3 Å². The number of amides is 1. The van der Waals surface area contributed by atoms with E-state index in [1.54, 1.807) is 0 Å². The Morgan fingerprint density at radius 3 is 2.95 bits per heavy atom. The summed E-state index contributed by atoms with van der Waals surface area (Å²) in [6.07, 6.45) is 3.09. The molecular weight excluding hydrogens is 286 g/mol. The second-order valence-corrected chi connectivity index (χ2v) is 6.47. The van der Waals surface area contributed by atoms with E-state index in [2.05, 4.69) is 21.6 Å². The highest BCUT2D eigenvalue weighted by Crippen LogP contribution is 2.38. The number of nitrogens with one attached hydrogen (secondary N) is 2. The van der Waals surface area contributed by atoms with Crippen LogP contribution in [0.2, 0.25) is 0 Å². The Morgan fingerprint density at radius 1 is 1.43 bits per heavy atom. The van der Waals surface area contributed by atoms with Crippen LogP contribution in [0.25, 0.3) is 0 Å². The fourth-order valence-electron chi connectivity index (χ4n) is 2.46. The van der Waals surface area contributed by atoms with Crippen molar-refractivity contribution in [3.63, 3.8) is 0 Å². The van der Waals surface area contributed by atoms with E-state index in [-0.39, 0.29) is 11.9 Å². The van der Waals surface area contributed by atoms with Gasteiger partial charge in [-0.1, -0.05) is 0 Å². The maximum Gasteiger partial charge on any atom is 0.263 e. The van der Waals surface area contributed by atoms with Crippen LogP contribution < -0.4 is 21.3 Å². The van der Waals surface area contributed by atoms with Crippen LogP contribution in [-0.2, 0) is 0 Å². The molecule has 3 rings (SSSR count). The molecule has 6 nitrogen and oxygen atoms in total. The van der Waals surface area contributed by atoms with Crippen molar-refractivity contribution in [2.24, 2.45) is 0 Å². The van der Waals surface area contributed by atoms with E-state index in [4.69, 9.17) is 5.73 Å². The molecular formula is C14H19N5OS. The molecule has 112 valence electrons. The minimum atomic E-state index is -0.143. The molecule has 2 fully saturated rings. The van der Waals surface area contributed by atoms with E-state index >= 15 is 0 Å². The summed E-state index contributed by atoms with van der Waals surface area (Å²) in [4.78, 5) is 14.9. The Kier molecular flexibility index (Phi) is 3.99. The molecule has 0 unspecified atom stereocenters. The number of hydrogen-bond acceptors (Lipinski definition) is 6. The highest BCUT2D eigenvalue weighted by molar-refractivity contribution is 7.19. The lowest BCUT2D eigenvalue weighted by Gasteiger charge is -2.20. The van der Waals surface area contributed by atoms with Gasteiger partial charge in [0, 0.05) is 25.7 Å². The number of carbonyl (C=O) groups is 1. The smallest absolute Gasteiger partial charge is 0.263 e. The van der Waals surface area contributed by atoms with Crippen molar-refractivity contribution in [2.75, 3.05) is 36.8 Å². The Labute approximate surface area is 127 Å². The van der Waals surface area contributed by atoms with Gasteiger partial charge in [0.2, 0.25) is 0 Å². The summed E-state index contributed by atoms with van der Waals surface area (Å²) in [6.45, 7) is 3.57. The fourth-order valence-corrected chi connectivity index (χ4v) is 3.58. The molecule has 1 aliphatic heterocycles. The monoisotopic (exact) mass is 305 g/mol. The van der Waals surface area contributed by atoms with Gasteiger partial charge in [0.25, 0.3) is 5.91 Å². The predicted molar refractivity (Wildman–Crippen MR) is 83.6 cm³/mol. The molecule has 0 aromatic carbocycles. The standard InChI is InChI=1S/C14H19N5OS/c15-8-10-11(16)12(13(20)18-9-2-3-9)21-14(10)19-6-1-4-17-5-7-19/h9,17H,1-7,16H2,(H,18,20). The van der Waals surface area contributed by atoms with Crippen LogP contribution >= 0.6 is 11.3 Å². The second kappa shape index (κ2) is 5.92. The Morgan fingerprint density at radius 2 is 2.24 bits per heavy atom. The molecule has 0 atom stereocenters. The van der Waals surface area contributed by atoms with E-state index in [1.807, 2.05) is 0 Å². The number of nitriles is 1. The zero-order valence-electron chi connectivity index (χ0n) is 11.8. The van der Waals surface area contributed by atoms with Gasteiger partial charge in [-0.3, -0.25) is 4.79 Å². The first kappa shape index (κ1) is 14.2. The van der Waals surface area contributed by atoms with Crippen molar-refractivity contribution in [3.8, 4) is 6.07 Å². The molecule has 0 radical (unpaired) electrons. The molecule has 1 saturated carbocycles. The number of rotatable bonds is 3. The van der Waals surface area contributed by atoms with Gasteiger partial charge >= 0.3 is 0 Å². The largest absolute Gasteiger partial charge is 0.396 e. The maximum atomic E-state index is 12.2. The fraction of sp³-hybridized carbons (Fsp3) is 0.571. The zero-order chi connectivity index (χ0) is 14.8. The van der Waals surface area contributed by atoms with Crippen molar-refractivity contribution >= 4 is 27.9 Å². The van der Waals surface area contributed by atoms with Gasteiger partial charge in [0.15, 0.2) is 0 Å². The molecule has 2 heterocycles. The number of thiophene rings is 1. The molecule has 1 aromatic rings. The number of nitrogens with zero attached hydrogens (tertiary/aromatic N) is 2. The Hall–Kier alpha value is -1.78. The van der Waals surface area contributed by atoms with Crippen molar-refractivity contribution in [1.82, 2.24) is 10.6 Å². The number of anilines is 2. The van der Waals surface area contributed by atoms with Gasteiger partial charge in [-0.25, -0.2) is 0 Å². The van der Waals surface area contributed by atoms with Gasteiger partial charge in [-0.05, 0) is 25.8 Å². The highest BCUT2D eigenvalue weighted by Gasteiger charge is 2.29. The van der Waals surface area contributed by atoms with Gasteiger partial charge in [-0.15, -0.1) is 11.3 Å². The topological polar surface area (TPSA) is 94.2 Å². The minimum Gasteiger partial charge on any atom is -0.396 e. The van der Waals surface area contributed by atoms with Crippen LogP contribution in [0.15, 0.2) is 0 Å². The lowest BCUT2D eigenvalue weighted by molar-refractivity contribution is 0.0956. The molecule has 0 spiro atoms. The third-order valence-electron chi connectivity index (χ3n) is 3.78. The lowest BCUT2D eigenvalue weighted by atomic mass is 10.2. The van der Waals surface area contributed by atoms with Crippen LogP contribution in [0.4, 0.5) is 10.7 Å². The molecule has 1 aromatic heterocycles. The van der Waals surface area contributed by atoms with Crippen molar-refractivity contribution in [1.29, 1.82) is 5.26 Å². The number of nitrogen functional groups attached to an aromatic ring is 1. The van der Waals surface area contributed by atoms with Crippen molar-refractivity contribution < 1.29 is 4.79 Å². The van der Waals surface area contributed by atoms with Gasteiger partial charge in [0.1, 0.15) is 21.5 Å². The number of nitrogens with two attached hydrogens (primary N) is 1. The average molecular weight is 305 g/mol. The molecule has 2 aliphatic rings. The zero-order valence-corrected chi connectivity index (χ0v) is 12.6. The van der Waals surface area contributed by atoms with Gasteiger partial charge in [-0.2, -0.15) is 5.26 Å². The molecule has 1 amide bonds. The van der Waals surface area contributed by atoms with E-state index in [0.717, 1.165) is 50.4 Å². The van der Waals surface area contributed by atoms with Crippen molar-refractivity contribution in [2.45, 2.75) is 25.3 Å². The minimum absolute atomic E-state index is 0.143. The second-order valence-electron chi connectivity index (χ2n) is 5.48. The lowest BCUT2D eigenvalue weighted by Crippen LogP contribution is -2.27. The molecule has 7 heteroatoms. The van der Waals surface area contributed by atoms with Crippen LogP contribution in [-0.4, -0.2) is 38.1 Å². The first-order chi connectivity index (χ1) is 10.2. The molecule has 1 saturated heterocycles. The van der Waals surface area contributed by atoms with E-state index in [9.17, 15) is 10.1 Å². The number of hydrogen-bond donors (Lipinski definition) is 3. The predicted octanol–water partition coefficient (Wildman–Crippen LogP) is 0.894. The van der Waals surface area contributed by atoms with Gasteiger partial charge in [0.05, 0.1) is 5.69 Å². The van der Waals surface area contributed by atoms with Crippen LogP contribution in [0.1, 0.15) is 34.5 Å². The molecule has 4 N–H and O–H groups in total. The quantitative estimate of drug-likeness (QED) is 0.771. The average Bonchev–Trinajstić information content (AvgIpc) is 3.25. The Balaban J connectivity index is 1.88. The molecule has 21 heavy (non-hydrogen) atoms. The summed E-state index contributed by atoms with van der Waals surface area (Å²) >= 11 is 1.34. The summed E-state index contributed by atoms with van der Waals surface area (Å²) in [5.41, 5.74) is 6.82. The number of carbonyl (C=O) groups excluding carboxylic acids is 1. The van der Waals surface area contributed by atoms with E-state index in [0.29, 0.717) is 16.1 Å². The Bertz CT molecular complexity index is 579. The SMILES string of the molecule is N#Cc1c(N2CCCNCC2)sc(C(=O)NC2CC2)c1N. The summed E-state index contributed by atoms with van der Waals surface area (Å²) < 4.78 is 0. The third-order valence-corrected chi connectivity index (χ3v) is 5.05. The highest BCUT2D eigenvalue weighted by atomic mass is 32.1.